The molecule has 4 rings (SSSR count). The van der Waals surface area contributed by atoms with Gasteiger partial charge in [-0.2, -0.15) is 4.98 Å². The average Bonchev–Trinajstić information content (AvgIpc) is 3.35. The summed E-state index contributed by atoms with van der Waals surface area (Å²) < 4.78 is 10.2. The molecule has 0 saturated carbocycles. The monoisotopic (exact) mass is 346 g/mol. The Morgan fingerprint density at radius 1 is 0.923 bits per heavy atom. The van der Waals surface area contributed by atoms with Crippen molar-refractivity contribution in [3.05, 3.63) is 72.1 Å². The van der Waals surface area contributed by atoms with E-state index in [-0.39, 0.29) is 11.7 Å². The molecule has 0 spiro atoms. The number of anilines is 1. The Balaban J connectivity index is 1.50. The van der Waals surface area contributed by atoms with Gasteiger partial charge >= 0.3 is 0 Å². The Morgan fingerprint density at radius 2 is 1.65 bits per heavy atom. The van der Waals surface area contributed by atoms with Crippen LogP contribution in [-0.2, 0) is 0 Å². The zero-order valence-electron chi connectivity index (χ0n) is 13.8. The molecule has 0 aliphatic rings. The minimum absolute atomic E-state index is 0.148. The summed E-state index contributed by atoms with van der Waals surface area (Å²) in [6, 6.07) is 16.5. The molecule has 0 aliphatic heterocycles. The average molecular weight is 346 g/mol. The summed E-state index contributed by atoms with van der Waals surface area (Å²) in [6.45, 7) is 2.02. The van der Waals surface area contributed by atoms with E-state index < -0.39 is 0 Å². The number of rotatable bonds is 4. The van der Waals surface area contributed by atoms with E-state index in [1.165, 1.54) is 12.3 Å². The molecule has 1 N–H and O–H groups in total. The van der Waals surface area contributed by atoms with E-state index >= 15 is 0 Å². The molecular weight excluding hydrogens is 332 g/mol. The van der Waals surface area contributed by atoms with Crippen molar-refractivity contribution in [2.75, 3.05) is 5.32 Å². The van der Waals surface area contributed by atoms with Crippen LogP contribution in [0.4, 0.5) is 5.69 Å². The second-order valence-electron chi connectivity index (χ2n) is 5.70. The summed E-state index contributed by atoms with van der Waals surface area (Å²) in [6.07, 6.45) is 1.42. The third-order valence-corrected chi connectivity index (χ3v) is 3.79. The molecule has 26 heavy (non-hydrogen) atoms. The second kappa shape index (κ2) is 6.64. The van der Waals surface area contributed by atoms with Gasteiger partial charge in [-0.1, -0.05) is 28.0 Å². The minimum Gasteiger partial charge on any atom is -0.351 e. The van der Waals surface area contributed by atoms with Gasteiger partial charge in [0, 0.05) is 22.9 Å². The van der Waals surface area contributed by atoms with E-state index in [1.807, 2.05) is 31.2 Å². The molecule has 0 fully saturated rings. The summed E-state index contributed by atoms with van der Waals surface area (Å²) in [5.74, 6) is 0.725. The molecule has 0 unspecified atom stereocenters. The summed E-state index contributed by atoms with van der Waals surface area (Å²) in [7, 11) is 0. The lowest BCUT2D eigenvalue weighted by Gasteiger charge is -2.03. The fourth-order valence-electron chi connectivity index (χ4n) is 2.38. The minimum atomic E-state index is -0.364. The van der Waals surface area contributed by atoms with Gasteiger partial charge in [0.25, 0.3) is 11.8 Å². The van der Waals surface area contributed by atoms with Crippen LogP contribution in [0.3, 0.4) is 0 Å². The van der Waals surface area contributed by atoms with Gasteiger partial charge in [0.2, 0.25) is 11.6 Å². The number of hydrogen-bond acceptors (Lipinski definition) is 6. The fourth-order valence-corrected chi connectivity index (χ4v) is 2.38. The van der Waals surface area contributed by atoms with E-state index in [1.54, 1.807) is 24.3 Å². The van der Waals surface area contributed by atoms with Gasteiger partial charge in [0.1, 0.15) is 0 Å². The Bertz CT molecular complexity index is 1020. The van der Waals surface area contributed by atoms with Gasteiger partial charge in [0.15, 0.2) is 0 Å². The van der Waals surface area contributed by atoms with Crippen LogP contribution in [0.1, 0.15) is 16.1 Å². The molecule has 2 heterocycles. The van der Waals surface area contributed by atoms with Crippen molar-refractivity contribution in [3.63, 3.8) is 0 Å². The highest BCUT2D eigenvalue weighted by atomic mass is 16.5. The molecule has 2 aromatic heterocycles. The Labute approximate surface area is 148 Å². The maximum atomic E-state index is 11.9. The van der Waals surface area contributed by atoms with Gasteiger partial charge in [-0.15, -0.1) is 0 Å². The fraction of sp³-hybridized carbons (Fsp3) is 0.0526. The molecule has 0 radical (unpaired) electrons. The van der Waals surface area contributed by atoms with Crippen molar-refractivity contribution in [1.82, 2.24) is 15.3 Å². The summed E-state index contributed by atoms with van der Waals surface area (Å²) in [5.41, 5.74) is 3.43. The quantitative estimate of drug-likeness (QED) is 0.601. The maximum Gasteiger partial charge on any atom is 0.294 e. The second-order valence-corrected chi connectivity index (χ2v) is 5.70. The molecular formula is C19H14N4O3. The first-order valence-corrected chi connectivity index (χ1v) is 7.92. The molecule has 0 aliphatic carbocycles. The SMILES string of the molecule is Cc1ccc(-c2nc(-c3ccc(NC(=O)c4ccno4)cc3)no2)cc1. The summed E-state index contributed by atoms with van der Waals surface area (Å²) in [5, 5.41) is 10.3. The summed E-state index contributed by atoms with van der Waals surface area (Å²) >= 11 is 0. The van der Waals surface area contributed by atoms with Crippen LogP contribution in [0.15, 0.2) is 69.8 Å². The van der Waals surface area contributed by atoms with Gasteiger partial charge < -0.3 is 14.4 Å². The van der Waals surface area contributed by atoms with Crippen molar-refractivity contribution < 1.29 is 13.8 Å². The van der Waals surface area contributed by atoms with Crippen molar-refractivity contribution in [3.8, 4) is 22.8 Å². The normalized spacial score (nSPS) is 10.7. The topological polar surface area (TPSA) is 94.1 Å². The first-order valence-electron chi connectivity index (χ1n) is 7.92. The van der Waals surface area contributed by atoms with Gasteiger partial charge in [0.05, 0.1) is 6.20 Å². The predicted octanol–water partition coefficient (Wildman–Crippen LogP) is 3.95. The number of hydrogen-bond donors (Lipinski definition) is 1. The van der Waals surface area contributed by atoms with E-state index in [9.17, 15) is 4.79 Å². The van der Waals surface area contributed by atoms with E-state index in [2.05, 4.69) is 20.6 Å². The zero-order valence-corrected chi connectivity index (χ0v) is 13.8. The number of benzene rings is 2. The Hall–Kier alpha value is -3.74. The number of amides is 1. The molecule has 0 atom stereocenters. The third-order valence-electron chi connectivity index (χ3n) is 3.79. The molecule has 7 nitrogen and oxygen atoms in total. The third kappa shape index (κ3) is 3.23. The van der Waals surface area contributed by atoms with Crippen molar-refractivity contribution >= 4 is 11.6 Å². The van der Waals surface area contributed by atoms with E-state index in [0.717, 1.165) is 16.7 Å². The first kappa shape index (κ1) is 15.8. The molecule has 2 aromatic carbocycles. The highest BCUT2D eigenvalue weighted by Gasteiger charge is 2.12. The van der Waals surface area contributed by atoms with Crippen molar-refractivity contribution in [1.29, 1.82) is 0 Å². The van der Waals surface area contributed by atoms with Crippen molar-refractivity contribution in [2.45, 2.75) is 6.92 Å². The maximum absolute atomic E-state index is 11.9. The number of nitrogens with zero attached hydrogens (tertiary/aromatic N) is 3. The van der Waals surface area contributed by atoms with Crippen molar-refractivity contribution in [2.24, 2.45) is 0 Å². The standard InChI is InChI=1S/C19H14N4O3/c1-12-2-4-14(5-3-12)19-22-17(23-26-19)13-6-8-15(9-7-13)21-18(24)16-10-11-20-25-16/h2-11H,1H3,(H,21,24). The Kier molecular flexibility index (Phi) is 4.03. The first-order chi connectivity index (χ1) is 12.7. The zero-order chi connectivity index (χ0) is 17.9. The lowest BCUT2D eigenvalue weighted by Crippen LogP contribution is -2.10. The lowest BCUT2D eigenvalue weighted by molar-refractivity contribution is 0.0988. The van der Waals surface area contributed by atoms with Crippen LogP contribution in [0.5, 0.6) is 0 Å². The molecule has 128 valence electrons. The number of aromatic nitrogens is 3. The van der Waals surface area contributed by atoms with Gasteiger partial charge in [-0.3, -0.25) is 4.79 Å². The van der Waals surface area contributed by atoms with Crippen LogP contribution in [0.2, 0.25) is 0 Å². The van der Waals surface area contributed by atoms with Crippen LogP contribution in [0, 0.1) is 6.92 Å². The highest BCUT2D eigenvalue weighted by molar-refractivity contribution is 6.02. The van der Waals surface area contributed by atoms with Crippen LogP contribution >= 0.6 is 0 Å². The number of carbonyl (C=O) groups is 1. The number of carbonyl (C=O) groups excluding carboxylic acids is 1. The number of aryl methyl sites for hydroxylation is 1. The summed E-state index contributed by atoms with van der Waals surface area (Å²) in [4.78, 5) is 16.4. The Morgan fingerprint density at radius 3 is 2.35 bits per heavy atom. The molecule has 4 aromatic rings. The van der Waals surface area contributed by atoms with E-state index in [0.29, 0.717) is 17.4 Å². The van der Waals surface area contributed by atoms with E-state index in [4.69, 9.17) is 9.05 Å². The highest BCUT2D eigenvalue weighted by Crippen LogP contribution is 2.23. The number of nitrogens with one attached hydrogen (secondary N) is 1. The molecule has 0 saturated heterocycles. The van der Waals surface area contributed by atoms with Crippen LogP contribution in [0.25, 0.3) is 22.8 Å². The van der Waals surface area contributed by atoms with Crippen LogP contribution < -0.4 is 5.32 Å². The van der Waals surface area contributed by atoms with Crippen LogP contribution in [-0.4, -0.2) is 21.2 Å². The molecule has 0 bridgehead atoms. The van der Waals surface area contributed by atoms with Gasteiger partial charge in [-0.25, -0.2) is 0 Å². The lowest BCUT2D eigenvalue weighted by atomic mass is 10.1. The smallest absolute Gasteiger partial charge is 0.294 e. The molecule has 7 heteroatoms. The largest absolute Gasteiger partial charge is 0.351 e. The molecule has 1 amide bonds. The predicted molar refractivity (Wildman–Crippen MR) is 94.4 cm³/mol. The van der Waals surface area contributed by atoms with Gasteiger partial charge in [-0.05, 0) is 43.3 Å².